The molecule has 0 aliphatic rings. The summed E-state index contributed by atoms with van der Waals surface area (Å²) in [7, 11) is 0. The van der Waals surface area contributed by atoms with E-state index in [0.29, 0.717) is 11.5 Å². The predicted octanol–water partition coefficient (Wildman–Crippen LogP) is 2.28. The maximum absolute atomic E-state index is 11.9. The highest BCUT2D eigenvalue weighted by Gasteiger charge is 2.09. The average Bonchev–Trinajstić information content (AvgIpc) is 2.64. The molecule has 0 aliphatic carbocycles. The number of rotatable bonds is 2. The number of aryl methyl sites for hydroxylation is 2. The molecule has 82 valence electrons. The Balaban J connectivity index is 2.18. The number of anilines is 1. The average molecular weight is 215 g/mol. The molecule has 16 heavy (non-hydrogen) atoms. The van der Waals surface area contributed by atoms with Crippen LogP contribution >= 0.6 is 0 Å². The van der Waals surface area contributed by atoms with Crippen LogP contribution < -0.4 is 5.32 Å². The van der Waals surface area contributed by atoms with Crippen LogP contribution in [0.25, 0.3) is 0 Å². The molecule has 4 nitrogen and oxygen atoms in total. The minimum atomic E-state index is -0.146. The second kappa shape index (κ2) is 4.18. The normalized spacial score (nSPS) is 10.1. The number of carbonyl (C=O) groups is 1. The first-order valence-electron chi connectivity index (χ1n) is 5.05. The molecule has 1 aromatic heterocycles. The number of aromatic nitrogens is 2. The van der Waals surface area contributed by atoms with Crippen LogP contribution in [0.5, 0.6) is 0 Å². The molecule has 1 aromatic carbocycles. The zero-order chi connectivity index (χ0) is 11.5. The minimum Gasteiger partial charge on any atom is -0.328 e. The van der Waals surface area contributed by atoms with Crippen LogP contribution in [0.3, 0.4) is 0 Å². The summed E-state index contributed by atoms with van der Waals surface area (Å²) < 4.78 is 0. The Morgan fingerprint density at radius 1 is 1.31 bits per heavy atom. The smallest absolute Gasteiger partial charge is 0.258 e. The molecular formula is C12H13N3O. The summed E-state index contributed by atoms with van der Waals surface area (Å²) >= 11 is 0. The molecule has 0 atom stereocenters. The van der Waals surface area contributed by atoms with E-state index in [2.05, 4.69) is 15.3 Å². The number of nitrogens with zero attached hydrogens (tertiary/aromatic N) is 1. The topological polar surface area (TPSA) is 57.8 Å². The van der Waals surface area contributed by atoms with Gasteiger partial charge in [-0.25, -0.2) is 4.98 Å². The summed E-state index contributed by atoms with van der Waals surface area (Å²) in [5, 5.41) is 2.71. The first-order valence-corrected chi connectivity index (χ1v) is 5.05. The Kier molecular flexibility index (Phi) is 2.72. The molecule has 1 heterocycles. The summed E-state index contributed by atoms with van der Waals surface area (Å²) in [6.45, 7) is 3.79. The molecule has 0 saturated heterocycles. The summed E-state index contributed by atoms with van der Waals surface area (Å²) in [5.41, 5.74) is 2.53. The lowest BCUT2D eigenvalue weighted by Gasteiger charge is -2.04. The number of nitrogens with one attached hydrogen (secondary N) is 2. The summed E-state index contributed by atoms with van der Waals surface area (Å²) in [5.74, 6) is 0.332. The summed E-state index contributed by atoms with van der Waals surface area (Å²) in [4.78, 5) is 18.8. The summed E-state index contributed by atoms with van der Waals surface area (Å²) in [6.07, 6.45) is 1.67. The first-order chi connectivity index (χ1) is 7.66. The quantitative estimate of drug-likeness (QED) is 0.807. The van der Waals surface area contributed by atoms with Crippen molar-refractivity contribution in [1.82, 2.24) is 9.97 Å². The van der Waals surface area contributed by atoms with Crippen LogP contribution in [-0.2, 0) is 0 Å². The van der Waals surface area contributed by atoms with Gasteiger partial charge in [-0.1, -0.05) is 18.2 Å². The van der Waals surface area contributed by atoms with Crippen molar-refractivity contribution in [2.75, 3.05) is 5.32 Å². The van der Waals surface area contributed by atoms with Crippen molar-refractivity contribution < 1.29 is 4.79 Å². The third kappa shape index (κ3) is 2.11. The first kappa shape index (κ1) is 10.4. The van der Waals surface area contributed by atoms with Gasteiger partial charge in [0, 0.05) is 17.5 Å². The van der Waals surface area contributed by atoms with Gasteiger partial charge in [0.05, 0.1) is 0 Å². The fraction of sp³-hybridized carbons (Fsp3) is 0.167. The van der Waals surface area contributed by atoms with Gasteiger partial charge in [0.15, 0.2) is 0 Å². The Morgan fingerprint density at radius 3 is 2.69 bits per heavy atom. The lowest BCUT2D eigenvalue weighted by atomic mass is 10.1. The van der Waals surface area contributed by atoms with Gasteiger partial charge >= 0.3 is 0 Å². The highest BCUT2D eigenvalue weighted by Crippen LogP contribution is 2.09. The maximum atomic E-state index is 11.9. The summed E-state index contributed by atoms with van der Waals surface area (Å²) in [6, 6.07) is 7.45. The van der Waals surface area contributed by atoms with Gasteiger partial charge in [0.2, 0.25) is 5.95 Å². The van der Waals surface area contributed by atoms with Crippen molar-refractivity contribution in [1.29, 1.82) is 0 Å². The van der Waals surface area contributed by atoms with E-state index in [9.17, 15) is 4.79 Å². The molecule has 0 fully saturated rings. The van der Waals surface area contributed by atoms with Crippen LogP contribution in [0.4, 0.5) is 5.95 Å². The molecular weight excluding hydrogens is 202 g/mol. The van der Waals surface area contributed by atoms with E-state index in [4.69, 9.17) is 0 Å². The minimum absolute atomic E-state index is 0.146. The SMILES string of the molecule is Cc1cnc(NC(=O)c2ccccc2C)[nH]1. The van der Waals surface area contributed by atoms with Gasteiger partial charge in [-0.15, -0.1) is 0 Å². The van der Waals surface area contributed by atoms with Gasteiger partial charge in [0.1, 0.15) is 0 Å². The van der Waals surface area contributed by atoms with Crippen LogP contribution in [0, 0.1) is 13.8 Å². The maximum Gasteiger partial charge on any atom is 0.258 e. The highest BCUT2D eigenvalue weighted by molar-refractivity contribution is 6.04. The van der Waals surface area contributed by atoms with Crippen molar-refractivity contribution >= 4 is 11.9 Å². The van der Waals surface area contributed by atoms with E-state index in [1.54, 1.807) is 12.3 Å². The van der Waals surface area contributed by atoms with Gasteiger partial charge in [-0.05, 0) is 25.5 Å². The molecule has 0 unspecified atom stereocenters. The highest BCUT2D eigenvalue weighted by atomic mass is 16.1. The van der Waals surface area contributed by atoms with Crippen LogP contribution in [0.2, 0.25) is 0 Å². The van der Waals surface area contributed by atoms with Gasteiger partial charge < -0.3 is 4.98 Å². The number of H-pyrrole nitrogens is 1. The molecule has 1 amide bonds. The molecule has 2 aromatic rings. The molecule has 0 saturated carbocycles. The number of imidazole rings is 1. The Morgan fingerprint density at radius 2 is 2.06 bits per heavy atom. The fourth-order valence-corrected chi connectivity index (χ4v) is 1.48. The van der Waals surface area contributed by atoms with Crippen molar-refractivity contribution in [3.63, 3.8) is 0 Å². The molecule has 0 bridgehead atoms. The molecule has 0 spiro atoms. The van der Waals surface area contributed by atoms with E-state index < -0.39 is 0 Å². The molecule has 0 radical (unpaired) electrons. The zero-order valence-corrected chi connectivity index (χ0v) is 9.24. The van der Waals surface area contributed by atoms with Gasteiger partial charge in [0.25, 0.3) is 5.91 Å². The standard InChI is InChI=1S/C12H13N3O/c1-8-5-3-4-6-10(8)11(16)15-12-13-7-9(2)14-12/h3-7H,1-2H3,(H2,13,14,15,16). The largest absolute Gasteiger partial charge is 0.328 e. The number of aromatic amines is 1. The van der Waals surface area contributed by atoms with Crippen molar-refractivity contribution in [3.05, 3.63) is 47.3 Å². The second-order valence-electron chi connectivity index (χ2n) is 3.68. The van der Waals surface area contributed by atoms with Crippen LogP contribution in [0.1, 0.15) is 21.6 Å². The van der Waals surface area contributed by atoms with E-state index in [1.165, 1.54) is 0 Å². The number of hydrogen-bond acceptors (Lipinski definition) is 2. The zero-order valence-electron chi connectivity index (χ0n) is 9.24. The number of amides is 1. The Bertz CT molecular complexity index is 516. The van der Waals surface area contributed by atoms with Crippen molar-refractivity contribution in [3.8, 4) is 0 Å². The van der Waals surface area contributed by atoms with Crippen molar-refractivity contribution in [2.24, 2.45) is 0 Å². The lowest BCUT2D eigenvalue weighted by molar-refractivity contribution is 0.102. The van der Waals surface area contributed by atoms with Gasteiger partial charge in [-0.2, -0.15) is 0 Å². The Labute approximate surface area is 93.7 Å². The third-order valence-corrected chi connectivity index (χ3v) is 2.32. The fourth-order valence-electron chi connectivity index (χ4n) is 1.48. The monoisotopic (exact) mass is 215 g/mol. The van der Waals surface area contributed by atoms with Crippen LogP contribution in [-0.4, -0.2) is 15.9 Å². The third-order valence-electron chi connectivity index (χ3n) is 2.32. The van der Waals surface area contributed by atoms with E-state index >= 15 is 0 Å². The number of carbonyl (C=O) groups excluding carboxylic acids is 1. The number of hydrogen-bond donors (Lipinski definition) is 2. The molecule has 0 aliphatic heterocycles. The van der Waals surface area contributed by atoms with Crippen molar-refractivity contribution in [2.45, 2.75) is 13.8 Å². The van der Waals surface area contributed by atoms with E-state index in [0.717, 1.165) is 11.3 Å². The number of benzene rings is 1. The van der Waals surface area contributed by atoms with E-state index in [1.807, 2.05) is 32.0 Å². The molecule has 2 rings (SSSR count). The van der Waals surface area contributed by atoms with Gasteiger partial charge in [-0.3, -0.25) is 10.1 Å². The van der Waals surface area contributed by atoms with Crippen LogP contribution in [0.15, 0.2) is 30.5 Å². The lowest BCUT2D eigenvalue weighted by Crippen LogP contribution is -2.14. The Hall–Kier alpha value is -2.10. The second-order valence-corrected chi connectivity index (χ2v) is 3.68. The molecule has 4 heteroatoms. The molecule has 2 N–H and O–H groups in total. The predicted molar refractivity (Wildman–Crippen MR) is 62.5 cm³/mol. The van der Waals surface area contributed by atoms with E-state index in [-0.39, 0.29) is 5.91 Å².